The molecular weight excluding hydrogens is 328 g/mol. The quantitative estimate of drug-likeness (QED) is 0.760. The first kappa shape index (κ1) is 17.9. The molecule has 0 bridgehead atoms. The first-order chi connectivity index (χ1) is 11.4. The van der Waals surface area contributed by atoms with Crippen molar-refractivity contribution in [1.29, 1.82) is 0 Å². The van der Waals surface area contributed by atoms with Crippen molar-refractivity contribution in [3.8, 4) is 17.0 Å². The third-order valence-corrected chi connectivity index (χ3v) is 3.81. The Balaban J connectivity index is 1.94. The Labute approximate surface area is 144 Å². The fraction of sp³-hybridized carbons (Fsp3) is 0.353. The fourth-order valence-electron chi connectivity index (χ4n) is 1.85. The SMILES string of the molecule is CC(C)COc1ccc(-c2csc(NC(=O)CCC(=O)O)n2)cc1. The van der Waals surface area contributed by atoms with Crippen LogP contribution in [0.15, 0.2) is 29.6 Å². The molecule has 0 saturated heterocycles. The van der Waals surface area contributed by atoms with Crippen LogP contribution in [0.1, 0.15) is 26.7 Å². The molecule has 0 spiro atoms. The number of anilines is 1. The molecule has 0 aliphatic carbocycles. The number of nitrogens with zero attached hydrogens (tertiary/aromatic N) is 1. The van der Waals surface area contributed by atoms with Gasteiger partial charge in [0.15, 0.2) is 5.13 Å². The van der Waals surface area contributed by atoms with Gasteiger partial charge in [0.05, 0.1) is 18.7 Å². The number of carbonyl (C=O) groups is 2. The highest BCUT2D eigenvalue weighted by Crippen LogP contribution is 2.26. The van der Waals surface area contributed by atoms with Crippen LogP contribution in [0.2, 0.25) is 0 Å². The minimum atomic E-state index is -0.996. The number of amides is 1. The summed E-state index contributed by atoms with van der Waals surface area (Å²) in [5.74, 6) is -0.0686. The summed E-state index contributed by atoms with van der Waals surface area (Å²) in [6.45, 7) is 4.86. The van der Waals surface area contributed by atoms with Crippen LogP contribution in [0.25, 0.3) is 11.3 Å². The zero-order valence-electron chi connectivity index (χ0n) is 13.6. The van der Waals surface area contributed by atoms with Gasteiger partial charge in [-0.3, -0.25) is 9.59 Å². The molecule has 1 aromatic carbocycles. The predicted molar refractivity (Wildman–Crippen MR) is 93.4 cm³/mol. The summed E-state index contributed by atoms with van der Waals surface area (Å²) in [5, 5.41) is 13.5. The van der Waals surface area contributed by atoms with Gasteiger partial charge in [0, 0.05) is 17.4 Å². The van der Waals surface area contributed by atoms with E-state index in [1.165, 1.54) is 11.3 Å². The van der Waals surface area contributed by atoms with Gasteiger partial charge in [-0.1, -0.05) is 13.8 Å². The third kappa shape index (κ3) is 5.66. The number of rotatable bonds is 8. The molecule has 2 N–H and O–H groups in total. The Morgan fingerprint density at radius 3 is 2.58 bits per heavy atom. The van der Waals surface area contributed by atoms with Gasteiger partial charge in [0.2, 0.25) is 5.91 Å². The van der Waals surface area contributed by atoms with Crippen LogP contribution in [-0.2, 0) is 9.59 Å². The van der Waals surface area contributed by atoms with E-state index in [-0.39, 0.29) is 18.7 Å². The van der Waals surface area contributed by atoms with Gasteiger partial charge in [-0.2, -0.15) is 0 Å². The van der Waals surface area contributed by atoms with Crippen LogP contribution in [0.5, 0.6) is 5.75 Å². The van der Waals surface area contributed by atoms with Crippen LogP contribution < -0.4 is 10.1 Å². The Morgan fingerprint density at radius 1 is 1.25 bits per heavy atom. The zero-order chi connectivity index (χ0) is 17.5. The van der Waals surface area contributed by atoms with Crippen LogP contribution in [0.3, 0.4) is 0 Å². The lowest BCUT2D eigenvalue weighted by atomic mass is 10.2. The molecule has 0 radical (unpaired) electrons. The standard InChI is InChI=1S/C17H20N2O4S/c1-11(2)9-23-13-5-3-12(4-6-13)14-10-24-17(18-14)19-15(20)7-8-16(21)22/h3-6,10-11H,7-9H2,1-2H3,(H,21,22)(H,18,19,20). The Morgan fingerprint density at radius 2 is 1.96 bits per heavy atom. The minimum Gasteiger partial charge on any atom is -0.493 e. The Hall–Kier alpha value is -2.41. The van der Waals surface area contributed by atoms with E-state index >= 15 is 0 Å². The van der Waals surface area contributed by atoms with Crippen molar-refractivity contribution in [2.45, 2.75) is 26.7 Å². The normalized spacial score (nSPS) is 10.6. The lowest BCUT2D eigenvalue weighted by Crippen LogP contribution is -2.12. The second-order valence-corrected chi connectivity index (χ2v) is 6.57. The van der Waals surface area contributed by atoms with Gasteiger partial charge in [0.1, 0.15) is 5.75 Å². The minimum absolute atomic E-state index is 0.0634. The highest BCUT2D eigenvalue weighted by atomic mass is 32.1. The van der Waals surface area contributed by atoms with Gasteiger partial charge < -0.3 is 15.2 Å². The molecule has 2 rings (SSSR count). The van der Waals surface area contributed by atoms with E-state index in [1.54, 1.807) is 0 Å². The van der Waals surface area contributed by atoms with Crippen molar-refractivity contribution in [3.05, 3.63) is 29.6 Å². The highest BCUT2D eigenvalue weighted by Gasteiger charge is 2.10. The molecule has 0 fully saturated rings. The Kier molecular flexibility index (Phi) is 6.31. The van der Waals surface area contributed by atoms with Crippen LogP contribution in [0, 0.1) is 5.92 Å². The smallest absolute Gasteiger partial charge is 0.303 e. The second kappa shape index (κ2) is 8.44. The number of carbonyl (C=O) groups excluding carboxylic acids is 1. The first-order valence-corrected chi connectivity index (χ1v) is 8.52. The van der Waals surface area contributed by atoms with Gasteiger partial charge >= 0.3 is 5.97 Å². The average molecular weight is 348 g/mol. The summed E-state index contributed by atoms with van der Waals surface area (Å²) in [7, 11) is 0. The maximum absolute atomic E-state index is 11.6. The molecule has 24 heavy (non-hydrogen) atoms. The molecule has 0 aliphatic rings. The maximum Gasteiger partial charge on any atom is 0.303 e. The van der Waals surface area contributed by atoms with Crippen molar-refractivity contribution < 1.29 is 19.4 Å². The molecule has 2 aromatic rings. The van der Waals surface area contributed by atoms with E-state index in [0.29, 0.717) is 17.7 Å². The van der Waals surface area contributed by atoms with Gasteiger partial charge in [-0.15, -0.1) is 11.3 Å². The van der Waals surface area contributed by atoms with E-state index < -0.39 is 5.97 Å². The van der Waals surface area contributed by atoms with E-state index in [0.717, 1.165) is 17.0 Å². The van der Waals surface area contributed by atoms with Gasteiger partial charge in [-0.25, -0.2) is 4.98 Å². The molecule has 1 heterocycles. The molecule has 1 aromatic heterocycles. The van der Waals surface area contributed by atoms with E-state index in [1.807, 2.05) is 29.6 Å². The van der Waals surface area contributed by atoms with Crippen molar-refractivity contribution in [2.75, 3.05) is 11.9 Å². The summed E-state index contributed by atoms with van der Waals surface area (Å²) >= 11 is 1.30. The number of hydrogen-bond acceptors (Lipinski definition) is 5. The molecule has 1 amide bonds. The average Bonchev–Trinajstić information content (AvgIpc) is 3.00. The maximum atomic E-state index is 11.6. The van der Waals surface area contributed by atoms with Crippen LogP contribution in [-0.4, -0.2) is 28.6 Å². The lowest BCUT2D eigenvalue weighted by Gasteiger charge is -2.08. The van der Waals surface area contributed by atoms with Crippen molar-refractivity contribution >= 4 is 28.3 Å². The van der Waals surface area contributed by atoms with Crippen molar-refractivity contribution in [3.63, 3.8) is 0 Å². The van der Waals surface area contributed by atoms with E-state index in [4.69, 9.17) is 9.84 Å². The lowest BCUT2D eigenvalue weighted by molar-refractivity contribution is -0.138. The number of carboxylic acids is 1. The molecule has 0 saturated carbocycles. The van der Waals surface area contributed by atoms with Crippen LogP contribution >= 0.6 is 11.3 Å². The predicted octanol–water partition coefficient (Wildman–Crippen LogP) is 3.65. The molecule has 128 valence electrons. The highest BCUT2D eigenvalue weighted by molar-refractivity contribution is 7.14. The van der Waals surface area contributed by atoms with Gasteiger partial charge in [0.25, 0.3) is 0 Å². The first-order valence-electron chi connectivity index (χ1n) is 7.64. The molecule has 6 nitrogen and oxygen atoms in total. The second-order valence-electron chi connectivity index (χ2n) is 5.71. The monoisotopic (exact) mass is 348 g/mol. The van der Waals surface area contributed by atoms with E-state index in [2.05, 4.69) is 24.1 Å². The molecular formula is C17H20N2O4S. The number of thiazole rings is 1. The summed E-state index contributed by atoms with van der Waals surface area (Å²) in [6.07, 6.45) is -0.256. The third-order valence-electron chi connectivity index (χ3n) is 3.05. The summed E-state index contributed by atoms with van der Waals surface area (Å²) < 4.78 is 5.64. The zero-order valence-corrected chi connectivity index (χ0v) is 14.4. The number of ether oxygens (including phenoxy) is 1. The fourth-order valence-corrected chi connectivity index (χ4v) is 2.59. The topological polar surface area (TPSA) is 88.5 Å². The number of benzene rings is 1. The molecule has 0 atom stereocenters. The molecule has 0 aliphatic heterocycles. The van der Waals surface area contributed by atoms with Crippen molar-refractivity contribution in [1.82, 2.24) is 4.98 Å². The number of aliphatic carboxylic acids is 1. The number of carboxylic acid groups (broad SMARTS) is 1. The van der Waals surface area contributed by atoms with Crippen molar-refractivity contribution in [2.24, 2.45) is 5.92 Å². The summed E-state index contributed by atoms with van der Waals surface area (Å²) in [4.78, 5) is 26.4. The summed E-state index contributed by atoms with van der Waals surface area (Å²) in [5.41, 5.74) is 1.68. The Bertz CT molecular complexity index is 695. The van der Waals surface area contributed by atoms with E-state index in [9.17, 15) is 9.59 Å². The van der Waals surface area contributed by atoms with Gasteiger partial charge in [-0.05, 0) is 30.2 Å². The molecule has 7 heteroatoms. The largest absolute Gasteiger partial charge is 0.493 e. The molecule has 0 unspecified atom stereocenters. The summed E-state index contributed by atoms with van der Waals surface area (Å²) in [6, 6.07) is 7.62. The van der Waals surface area contributed by atoms with Crippen LogP contribution in [0.4, 0.5) is 5.13 Å². The number of hydrogen-bond donors (Lipinski definition) is 2. The number of aromatic nitrogens is 1. The number of nitrogens with one attached hydrogen (secondary N) is 1.